The molecule has 0 bridgehead atoms. The van der Waals surface area contributed by atoms with Crippen molar-refractivity contribution in [2.45, 2.75) is 13.0 Å². The largest absolute Gasteiger partial charge is 0.392 e. The quantitative estimate of drug-likeness (QED) is 0.791. The van der Waals surface area contributed by atoms with Crippen molar-refractivity contribution in [2.24, 2.45) is 0 Å². The van der Waals surface area contributed by atoms with E-state index in [0.717, 1.165) is 0 Å². The summed E-state index contributed by atoms with van der Waals surface area (Å²) in [6.45, 7) is 1.92. The first-order valence-electron chi connectivity index (χ1n) is 4.56. The number of carbonyl (C=O) groups is 1. The van der Waals surface area contributed by atoms with Crippen LogP contribution in [0.3, 0.4) is 0 Å². The molecule has 15 heavy (non-hydrogen) atoms. The number of aliphatic hydroxyl groups is 1. The number of likely N-dealkylation sites (N-methyl/N-ethyl adjacent to an activating group) is 1. The molecule has 4 nitrogen and oxygen atoms in total. The fraction of sp³-hybridized carbons (Fsp3) is 0.400. The molecule has 1 atom stereocenters. The summed E-state index contributed by atoms with van der Waals surface area (Å²) in [5.74, 6) is -0.180. The van der Waals surface area contributed by atoms with Crippen LogP contribution in [0.2, 0.25) is 5.15 Å². The topological polar surface area (TPSA) is 53.4 Å². The first kappa shape index (κ1) is 11.9. The Hall–Kier alpha value is -1.13. The number of nitrogens with zero attached hydrogens (tertiary/aromatic N) is 2. The van der Waals surface area contributed by atoms with E-state index >= 15 is 0 Å². The van der Waals surface area contributed by atoms with Gasteiger partial charge in [-0.1, -0.05) is 11.6 Å². The number of aliphatic hydroxyl groups excluding tert-OH is 1. The van der Waals surface area contributed by atoms with Crippen molar-refractivity contribution < 1.29 is 9.90 Å². The van der Waals surface area contributed by atoms with Crippen LogP contribution < -0.4 is 0 Å². The van der Waals surface area contributed by atoms with Gasteiger partial charge in [0.05, 0.1) is 11.7 Å². The maximum Gasteiger partial charge on any atom is 0.255 e. The molecule has 0 aliphatic heterocycles. The van der Waals surface area contributed by atoms with Gasteiger partial charge in [-0.05, 0) is 19.1 Å². The van der Waals surface area contributed by atoms with Gasteiger partial charge in [0.1, 0.15) is 5.15 Å². The predicted molar refractivity (Wildman–Crippen MR) is 57.9 cm³/mol. The highest BCUT2D eigenvalue weighted by Crippen LogP contribution is 2.07. The molecule has 0 radical (unpaired) electrons. The lowest BCUT2D eigenvalue weighted by atomic mass is 10.2. The van der Waals surface area contributed by atoms with E-state index < -0.39 is 6.10 Å². The van der Waals surface area contributed by atoms with Gasteiger partial charge >= 0.3 is 0 Å². The molecular formula is C10H13ClN2O2. The lowest BCUT2D eigenvalue weighted by Crippen LogP contribution is -2.33. The predicted octanol–water partition coefficient (Wildman–Crippen LogP) is 1.19. The maximum atomic E-state index is 11.7. The Morgan fingerprint density at radius 1 is 1.67 bits per heavy atom. The van der Waals surface area contributed by atoms with E-state index in [1.54, 1.807) is 26.1 Å². The molecule has 5 heteroatoms. The van der Waals surface area contributed by atoms with Crippen molar-refractivity contribution in [1.29, 1.82) is 0 Å². The van der Waals surface area contributed by atoms with Gasteiger partial charge in [-0.2, -0.15) is 0 Å². The number of halogens is 1. The third-order valence-corrected chi connectivity index (χ3v) is 2.08. The maximum absolute atomic E-state index is 11.7. The Bertz CT molecular complexity index is 338. The summed E-state index contributed by atoms with van der Waals surface area (Å²) in [6, 6.07) is 3.17. The van der Waals surface area contributed by atoms with Gasteiger partial charge in [-0.3, -0.25) is 4.79 Å². The van der Waals surface area contributed by atoms with Crippen LogP contribution in [0.25, 0.3) is 0 Å². The molecule has 0 saturated carbocycles. The first-order valence-corrected chi connectivity index (χ1v) is 4.93. The second kappa shape index (κ2) is 5.09. The van der Waals surface area contributed by atoms with Crippen LogP contribution in [-0.4, -0.2) is 40.6 Å². The Kier molecular flexibility index (Phi) is 4.05. The van der Waals surface area contributed by atoms with E-state index in [1.165, 1.54) is 11.1 Å². The van der Waals surface area contributed by atoms with Crippen LogP contribution in [0.15, 0.2) is 18.3 Å². The lowest BCUT2D eigenvalue weighted by Gasteiger charge is -2.18. The molecule has 1 heterocycles. The van der Waals surface area contributed by atoms with Gasteiger partial charge < -0.3 is 10.0 Å². The number of pyridine rings is 1. The number of carbonyl (C=O) groups excluding carboxylic acids is 1. The Morgan fingerprint density at radius 2 is 2.33 bits per heavy atom. The van der Waals surface area contributed by atoms with E-state index in [-0.39, 0.29) is 5.91 Å². The smallest absolute Gasteiger partial charge is 0.255 e. The van der Waals surface area contributed by atoms with Crippen LogP contribution in [-0.2, 0) is 0 Å². The summed E-state index contributed by atoms with van der Waals surface area (Å²) in [4.78, 5) is 17.0. The fourth-order valence-corrected chi connectivity index (χ4v) is 1.31. The zero-order chi connectivity index (χ0) is 11.4. The third kappa shape index (κ3) is 3.49. The number of hydrogen-bond donors (Lipinski definition) is 1. The third-order valence-electron chi connectivity index (χ3n) is 1.86. The highest BCUT2D eigenvalue weighted by Gasteiger charge is 2.13. The molecule has 1 rings (SSSR count). The van der Waals surface area contributed by atoms with Crippen molar-refractivity contribution >= 4 is 17.5 Å². The Balaban J connectivity index is 2.72. The summed E-state index contributed by atoms with van der Waals surface area (Å²) >= 11 is 5.60. The van der Waals surface area contributed by atoms with Crippen LogP contribution in [0, 0.1) is 0 Å². The van der Waals surface area contributed by atoms with Crippen LogP contribution >= 0.6 is 11.6 Å². The molecule has 0 aliphatic rings. The van der Waals surface area contributed by atoms with E-state index in [2.05, 4.69) is 4.98 Å². The van der Waals surface area contributed by atoms with Crippen molar-refractivity contribution in [3.8, 4) is 0 Å². The number of aromatic nitrogens is 1. The first-order chi connectivity index (χ1) is 7.00. The van der Waals surface area contributed by atoms with Crippen LogP contribution in [0.5, 0.6) is 0 Å². The number of hydrogen-bond acceptors (Lipinski definition) is 3. The van der Waals surface area contributed by atoms with Gasteiger partial charge in [-0.15, -0.1) is 0 Å². The molecule has 1 aromatic heterocycles. The SMILES string of the molecule is CC(O)CN(C)C(=O)c1ccc(Cl)nc1. The molecule has 1 N–H and O–H groups in total. The normalized spacial score (nSPS) is 12.3. The summed E-state index contributed by atoms with van der Waals surface area (Å²) in [5, 5.41) is 9.48. The van der Waals surface area contributed by atoms with Crippen molar-refractivity contribution in [3.63, 3.8) is 0 Å². The van der Waals surface area contributed by atoms with Gasteiger partial charge in [0, 0.05) is 19.8 Å². The van der Waals surface area contributed by atoms with Gasteiger partial charge in [0.15, 0.2) is 0 Å². The Labute approximate surface area is 93.5 Å². The molecule has 0 aliphatic carbocycles. The van der Waals surface area contributed by atoms with E-state index in [4.69, 9.17) is 16.7 Å². The van der Waals surface area contributed by atoms with Crippen molar-refractivity contribution in [3.05, 3.63) is 29.0 Å². The summed E-state index contributed by atoms with van der Waals surface area (Å²) in [7, 11) is 1.63. The molecule has 0 fully saturated rings. The molecule has 1 unspecified atom stereocenters. The average molecular weight is 229 g/mol. The summed E-state index contributed by atoms with van der Waals surface area (Å²) < 4.78 is 0. The van der Waals surface area contributed by atoms with E-state index in [0.29, 0.717) is 17.3 Å². The zero-order valence-corrected chi connectivity index (χ0v) is 9.40. The van der Waals surface area contributed by atoms with Crippen molar-refractivity contribution in [1.82, 2.24) is 9.88 Å². The molecule has 0 spiro atoms. The molecule has 0 aromatic carbocycles. The second-order valence-electron chi connectivity index (χ2n) is 3.40. The lowest BCUT2D eigenvalue weighted by molar-refractivity contribution is 0.0703. The Morgan fingerprint density at radius 3 is 2.80 bits per heavy atom. The molecule has 1 aromatic rings. The fourth-order valence-electron chi connectivity index (χ4n) is 1.20. The molecule has 1 amide bonds. The molecular weight excluding hydrogens is 216 g/mol. The van der Waals surface area contributed by atoms with Crippen LogP contribution in [0.1, 0.15) is 17.3 Å². The molecule has 0 saturated heterocycles. The highest BCUT2D eigenvalue weighted by atomic mass is 35.5. The minimum absolute atomic E-state index is 0.180. The second-order valence-corrected chi connectivity index (χ2v) is 3.79. The average Bonchev–Trinajstić information content (AvgIpc) is 2.17. The van der Waals surface area contributed by atoms with Gasteiger partial charge in [0.2, 0.25) is 0 Å². The number of rotatable bonds is 3. The minimum Gasteiger partial charge on any atom is -0.392 e. The zero-order valence-electron chi connectivity index (χ0n) is 8.64. The number of amides is 1. The monoisotopic (exact) mass is 228 g/mol. The summed E-state index contributed by atoms with van der Waals surface area (Å²) in [6.07, 6.45) is 0.877. The van der Waals surface area contributed by atoms with E-state index in [1.807, 2.05) is 0 Å². The molecule has 82 valence electrons. The van der Waals surface area contributed by atoms with Gasteiger partial charge in [0.25, 0.3) is 5.91 Å². The van der Waals surface area contributed by atoms with Crippen molar-refractivity contribution in [2.75, 3.05) is 13.6 Å². The standard InChI is InChI=1S/C10H13ClN2O2/c1-7(14)6-13(2)10(15)8-3-4-9(11)12-5-8/h3-5,7,14H,6H2,1-2H3. The summed E-state index contributed by atoms with van der Waals surface area (Å²) in [5.41, 5.74) is 0.461. The van der Waals surface area contributed by atoms with Gasteiger partial charge in [-0.25, -0.2) is 4.98 Å². The minimum atomic E-state index is -0.542. The van der Waals surface area contributed by atoms with E-state index in [9.17, 15) is 4.79 Å². The highest BCUT2D eigenvalue weighted by molar-refractivity contribution is 6.29. The van der Waals surface area contributed by atoms with Crippen LogP contribution in [0.4, 0.5) is 0 Å².